The van der Waals surface area contributed by atoms with Crippen molar-refractivity contribution in [1.29, 1.82) is 0 Å². The van der Waals surface area contributed by atoms with Crippen LogP contribution in [0.1, 0.15) is 12.8 Å². The molecule has 9 heteroatoms. The zero-order valence-electron chi connectivity index (χ0n) is 17.0. The largest absolute Gasteiger partial charge is 0.486 e. The molecule has 0 bridgehead atoms. The summed E-state index contributed by atoms with van der Waals surface area (Å²) in [5.41, 5.74) is 1.26. The minimum Gasteiger partial charge on any atom is -0.486 e. The number of likely N-dealkylation sites (tertiary alicyclic amines) is 1. The molecule has 0 unspecified atom stereocenters. The van der Waals surface area contributed by atoms with Crippen LogP contribution in [-0.2, 0) is 4.79 Å². The number of anilines is 2. The lowest BCUT2D eigenvalue weighted by Gasteiger charge is -2.31. The summed E-state index contributed by atoms with van der Waals surface area (Å²) in [7, 11) is 0. The molecule has 31 heavy (non-hydrogen) atoms. The van der Waals surface area contributed by atoms with Gasteiger partial charge in [0.1, 0.15) is 13.2 Å². The van der Waals surface area contributed by atoms with Crippen LogP contribution in [0.15, 0.2) is 42.5 Å². The lowest BCUT2D eigenvalue weighted by molar-refractivity contribution is -0.117. The molecule has 2 aliphatic rings. The van der Waals surface area contributed by atoms with Crippen LogP contribution in [0.5, 0.6) is 11.5 Å². The van der Waals surface area contributed by atoms with E-state index in [1.54, 1.807) is 12.1 Å². The standard InChI is InChI=1S/C22H25ClN4O4/c23-17-12-19-20(31-11-10-30-19)13-18(17)26-21(28)14-27-8-6-16(7-9-27)25-22(29)24-15-4-2-1-3-5-15/h1-5,12-13,16H,6-11,14H2,(H,26,28)(H2,24,25,29). The Morgan fingerprint density at radius 2 is 1.68 bits per heavy atom. The minimum absolute atomic E-state index is 0.0789. The van der Waals surface area contributed by atoms with Crippen LogP contribution < -0.4 is 25.4 Å². The number of hydrogen-bond acceptors (Lipinski definition) is 5. The molecule has 0 saturated carbocycles. The summed E-state index contributed by atoms with van der Waals surface area (Å²) in [6.45, 7) is 2.65. The molecule has 3 N–H and O–H groups in total. The second-order valence-corrected chi connectivity index (χ2v) is 7.95. The number of nitrogens with one attached hydrogen (secondary N) is 3. The van der Waals surface area contributed by atoms with Crippen molar-refractivity contribution >= 4 is 34.9 Å². The maximum Gasteiger partial charge on any atom is 0.319 e. The molecule has 0 aromatic heterocycles. The lowest BCUT2D eigenvalue weighted by Crippen LogP contribution is -2.47. The van der Waals surface area contributed by atoms with Gasteiger partial charge in [0.05, 0.1) is 17.3 Å². The highest BCUT2D eigenvalue weighted by Crippen LogP contribution is 2.37. The van der Waals surface area contributed by atoms with Crippen LogP contribution in [0.25, 0.3) is 0 Å². The highest BCUT2D eigenvalue weighted by molar-refractivity contribution is 6.34. The molecule has 1 saturated heterocycles. The third-order valence-electron chi connectivity index (χ3n) is 5.23. The Labute approximate surface area is 185 Å². The predicted octanol–water partition coefficient (Wildman–Crippen LogP) is 3.34. The van der Waals surface area contributed by atoms with Crippen LogP contribution in [0.2, 0.25) is 5.02 Å². The van der Waals surface area contributed by atoms with E-state index in [1.165, 1.54) is 0 Å². The smallest absolute Gasteiger partial charge is 0.319 e. The fraction of sp³-hybridized carbons (Fsp3) is 0.364. The third kappa shape index (κ3) is 5.80. The zero-order chi connectivity index (χ0) is 21.6. The van der Waals surface area contributed by atoms with Crippen molar-refractivity contribution in [2.24, 2.45) is 0 Å². The first kappa shape index (κ1) is 21.3. The van der Waals surface area contributed by atoms with Gasteiger partial charge in [-0.15, -0.1) is 0 Å². The average molecular weight is 445 g/mol. The van der Waals surface area contributed by atoms with Crippen molar-refractivity contribution in [3.8, 4) is 11.5 Å². The Balaban J connectivity index is 1.22. The molecule has 0 atom stereocenters. The summed E-state index contributed by atoms with van der Waals surface area (Å²) < 4.78 is 11.0. The number of rotatable bonds is 5. The normalized spacial score (nSPS) is 16.4. The van der Waals surface area contributed by atoms with Crippen LogP contribution in [0, 0.1) is 0 Å². The molecule has 0 aliphatic carbocycles. The number of ether oxygens (including phenoxy) is 2. The summed E-state index contributed by atoms with van der Waals surface area (Å²) in [6.07, 6.45) is 1.56. The number of fused-ring (bicyclic) bond motifs is 1. The molecule has 2 heterocycles. The van der Waals surface area contributed by atoms with E-state index in [4.69, 9.17) is 21.1 Å². The quantitative estimate of drug-likeness (QED) is 0.657. The molecular weight excluding hydrogens is 420 g/mol. The number of halogens is 1. The van der Waals surface area contributed by atoms with E-state index in [0.717, 1.165) is 31.6 Å². The van der Waals surface area contributed by atoms with Gasteiger partial charge in [-0.2, -0.15) is 0 Å². The highest BCUT2D eigenvalue weighted by Gasteiger charge is 2.23. The van der Waals surface area contributed by atoms with E-state index in [1.807, 2.05) is 30.3 Å². The first-order valence-corrected chi connectivity index (χ1v) is 10.7. The van der Waals surface area contributed by atoms with E-state index in [-0.39, 0.29) is 24.5 Å². The van der Waals surface area contributed by atoms with Gasteiger partial charge in [0.15, 0.2) is 11.5 Å². The molecular formula is C22H25ClN4O4. The number of piperidine rings is 1. The molecule has 8 nitrogen and oxygen atoms in total. The number of benzene rings is 2. The third-order valence-corrected chi connectivity index (χ3v) is 5.54. The van der Waals surface area contributed by atoms with Crippen LogP contribution in [-0.4, -0.2) is 55.7 Å². The zero-order valence-corrected chi connectivity index (χ0v) is 17.8. The first-order valence-electron chi connectivity index (χ1n) is 10.3. The van der Waals surface area contributed by atoms with E-state index >= 15 is 0 Å². The summed E-state index contributed by atoms with van der Waals surface area (Å²) >= 11 is 6.26. The molecule has 3 amide bonds. The summed E-state index contributed by atoms with van der Waals surface area (Å²) in [6, 6.07) is 12.5. The number of hydrogen-bond donors (Lipinski definition) is 3. The van der Waals surface area contributed by atoms with E-state index in [2.05, 4.69) is 20.9 Å². The van der Waals surface area contributed by atoms with Gasteiger partial charge in [0.25, 0.3) is 0 Å². The van der Waals surface area contributed by atoms with Crippen molar-refractivity contribution in [2.75, 3.05) is 43.5 Å². The monoisotopic (exact) mass is 444 g/mol. The molecule has 2 aromatic rings. The van der Waals surface area contributed by atoms with Crippen molar-refractivity contribution in [2.45, 2.75) is 18.9 Å². The van der Waals surface area contributed by atoms with Crippen molar-refractivity contribution in [3.05, 3.63) is 47.5 Å². The van der Waals surface area contributed by atoms with E-state index in [0.29, 0.717) is 35.4 Å². The predicted molar refractivity (Wildman–Crippen MR) is 119 cm³/mol. The average Bonchev–Trinajstić information content (AvgIpc) is 2.76. The molecule has 0 radical (unpaired) electrons. The number of nitrogens with zero attached hydrogens (tertiary/aromatic N) is 1. The maximum absolute atomic E-state index is 12.5. The Morgan fingerprint density at radius 1 is 1.00 bits per heavy atom. The summed E-state index contributed by atoms with van der Waals surface area (Å²) in [5.74, 6) is 1.01. The Hall–Kier alpha value is -2.97. The Bertz CT molecular complexity index is 933. The number of carbonyl (C=O) groups excluding carboxylic acids is 2. The lowest BCUT2D eigenvalue weighted by atomic mass is 10.1. The SMILES string of the molecule is O=C(CN1CCC(NC(=O)Nc2ccccc2)CC1)Nc1cc2c(cc1Cl)OCCO2. The van der Waals surface area contributed by atoms with Crippen molar-refractivity contribution in [3.63, 3.8) is 0 Å². The van der Waals surface area contributed by atoms with Gasteiger partial charge in [-0.3, -0.25) is 9.69 Å². The van der Waals surface area contributed by atoms with Crippen molar-refractivity contribution in [1.82, 2.24) is 10.2 Å². The molecule has 2 aliphatic heterocycles. The molecule has 2 aromatic carbocycles. The van der Waals surface area contributed by atoms with Gasteiger partial charge >= 0.3 is 6.03 Å². The number of amides is 3. The molecule has 4 rings (SSSR count). The van der Waals surface area contributed by atoms with Gasteiger partial charge in [0.2, 0.25) is 5.91 Å². The topological polar surface area (TPSA) is 91.9 Å². The number of para-hydroxylation sites is 1. The molecule has 1 fully saturated rings. The fourth-order valence-corrected chi connectivity index (χ4v) is 3.86. The van der Waals surface area contributed by atoms with Crippen molar-refractivity contribution < 1.29 is 19.1 Å². The summed E-state index contributed by atoms with van der Waals surface area (Å²) in [5, 5.41) is 9.08. The van der Waals surface area contributed by atoms with Crippen LogP contribution >= 0.6 is 11.6 Å². The second kappa shape index (κ2) is 9.89. The maximum atomic E-state index is 12.5. The molecule has 0 spiro atoms. The van der Waals surface area contributed by atoms with Gasteiger partial charge in [-0.25, -0.2) is 4.79 Å². The second-order valence-electron chi connectivity index (χ2n) is 7.54. The van der Waals surface area contributed by atoms with Crippen LogP contribution in [0.3, 0.4) is 0 Å². The first-order chi connectivity index (χ1) is 15.1. The van der Waals surface area contributed by atoms with Gasteiger partial charge in [0, 0.05) is 37.0 Å². The Kier molecular flexibility index (Phi) is 6.79. The highest BCUT2D eigenvalue weighted by atomic mass is 35.5. The number of carbonyl (C=O) groups is 2. The minimum atomic E-state index is -0.212. The fourth-order valence-electron chi connectivity index (χ4n) is 3.66. The van der Waals surface area contributed by atoms with Crippen LogP contribution in [0.4, 0.5) is 16.2 Å². The molecule has 164 valence electrons. The van der Waals surface area contributed by atoms with Gasteiger partial charge < -0.3 is 25.4 Å². The van der Waals surface area contributed by atoms with Gasteiger partial charge in [-0.1, -0.05) is 29.8 Å². The van der Waals surface area contributed by atoms with Gasteiger partial charge in [-0.05, 0) is 25.0 Å². The van der Waals surface area contributed by atoms with E-state index < -0.39 is 0 Å². The number of urea groups is 1. The Morgan fingerprint density at radius 3 is 2.39 bits per heavy atom. The van der Waals surface area contributed by atoms with E-state index in [9.17, 15) is 9.59 Å². The summed E-state index contributed by atoms with van der Waals surface area (Å²) in [4.78, 5) is 26.7.